The number of esters is 1. The van der Waals surface area contributed by atoms with Gasteiger partial charge in [0.05, 0.1) is 0 Å². The predicted molar refractivity (Wildman–Crippen MR) is 198 cm³/mol. The monoisotopic (exact) mass is 635 g/mol. The van der Waals surface area contributed by atoms with Crippen LogP contribution < -0.4 is 0 Å². The molecule has 0 saturated heterocycles. The maximum atomic E-state index is 12.8. The van der Waals surface area contributed by atoms with Crippen LogP contribution in [0.4, 0.5) is 0 Å². The smallest absolute Gasteiger partial charge is 0.306 e. The molecule has 4 rings (SSSR count). The molecule has 9 atom stereocenters. The summed E-state index contributed by atoms with van der Waals surface area (Å²) in [6.07, 6.45) is 36.1. The molecule has 0 spiro atoms. The molecule has 0 aliphatic heterocycles. The average Bonchev–Trinajstić information content (AvgIpc) is 3.39. The normalized spacial score (nSPS) is 33.9. The zero-order chi connectivity index (χ0) is 33.2. The highest BCUT2D eigenvalue weighted by Gasteiger charge is 2.59. The van der Waals surface area contributed by atoms with Crippen molar-refractivity contribution in [3.8, 4) is 0 Å². The van der Waals surface area contributed by atoms with Gasteiger partial charge in [0.15, 0.2) is 0 Å². The first kappa shape index (κ1) is 37.5. The fraction of sp³-hybridized carbons (Fsp3) is 0.841. The largest absolute Gasteiger partial charge is 0.462 e. The van der Waals surface area contributed by atoms with Gasteiger partial charge < -0.3 is 4.74 Å². The van der Waals surface area contributed by atoms with Crippen molar-refractivity contribution in [3.63, 3.8) is 0 Å². The van der Waals surface area contributed by atoms with Crippen LogP contribution in [0.25, 0.3) is 0 Å². The Hall–Kier alpha value is -1.31. The molecule has 4 aliphatic rings. The van der Waals surface area contributed by atoms with E-state index in [4.69, 9.17) is 4.74 Å². The molecule has 3 saturated carbocycles. The fourth-order valence-corrected chi connectivity index (χ4v) is 11.2. The lowest BCUT2D eigenvalue weighted by Crippen LogP contribution is -2.51. The topological polar surface area (TPSA) is 26.3 Å². The van der Waals surface area contributed by atoms with Gasteiger partial charge in [-0.15, -0.1) is 0 Å². The quantitative estimate of drug-likeness (QED) is 0.0852. The summed E-state index contributed by atoms with van der Waals surface area (Å²) in [5.74, 6) is 6.10. The highest BCUT2D eigenvalue weighted by atomic mass is 16.5. The summed E-state index contributed by atoms with van der Waals surface area (Å²) in [5.41, 5.74) is 2.49. The molecule has 3 fully saturated rings. The van der Waals surface area contributed by atoms with E-state index in [-0.39, 0.29) is 12.1 Å². The first-order valence-electron chi connectivity index (χ1n) is 20.3. The van der Waals surface area contributed by atoms with E-state index < -0.39 is 0 Å². The molecule has 46 heavy (non-hydrogen) atoms. The molecule has 0 aromatic heterocycles. The third-order valence-electron chi connectivity index (χ3n) is 14.2. The van der Waals surface area contributed by atoms with Crippen LogP contribution in [0.1, 0.15) is 177 Å². The second-order valence-corrected chi connectivity index (χ2v) is 17.2. The number of carbonyl (C=O) groups excluding carboxylic acids is 1. The molecule has 2 nitrogen and oxygen atoms in total. The van der Waals surface area contributed by atoms with Gasteiger partial charge in [-0.1, -0.05) is 110 Å². The third-order valence-corrected chi connectivity index (χ3v) is 14.2. The van der Waals surface area contributed by atoms with Crippen molar-refractivity contribution in [1.82, 2.24) is 0 Å². The van der Waals surface area contributed by atoms with E-state index in [2.05, 4.69) is 78.8 Å². The van der Waals surface area contributed by atoms with Crippen LogP contribution in [0.3, 0.4) is 0 Å². The highest BCUT2D eigenvalue weighted by molar-refractivity contribution is 5.69. The first-order chi connectivity index (χ1) is 22.1. The number of allylic oxidation sites excluding steroid dienone is 5. The van der Waals surface area contributed by atoms with E-state index in [1.807, 2.05) is 0 Å². The minimum absolute atomic E-state index is 0.0279. The van der Waals surface area contributed by atoms with E-state index in [1.54, 1.807) is 5.57 Å². The minimum Gasteiger partial charge on any atom is -0.462 e. The summed E-state index contributed by atoms with van der Waals surface area (Å²) in [6.45, 7) is 17.4. The molecular formula is C44H74O2. The molecule has 0 aromatic carbocycles. The van der Waals surface area contributed by atoms with E-state index in [1.165, 1.54) is 83.5 Å². The first-order valence-corrected chi connectivity index (χ1v) is 20.3. The molecule has 9 unspecified atom stereocenters. The van der Waals surface area contributed by atoms with Crippen LogP contribution in [0.2, 0.25) is 0 Å². The van der Waals surface area contributed by atoms with Gasteiger partial charge in [0.2, 0.25) is 0 Å². The number of carbonyl (C=O) groups is 1. The number of hydrogen-bond acceptors (Lipinski definition) is 2. The number of fused-ring (bicyclic) bond motifs is 5. The van der Waals surface area contributed by atoms with Gasteiger partial charge in [0.1, 0.15) is 6.10 Å². The Kier molecular flexibility index (Phi) is 14.6. The predicted octanol–water partition coefficient (Wildman–Crippen LogP) is 13.2. The van der Waals surface area contributed by atoms with Crippen molar-refractivity contribution in [3.05, 3.63) is 36.0 Å². The average molecular weight is 635 g/mol. The second kappa shape index (κ2) is 17.9. The van der Waals surface area contributed by atoms with E-state index >= 15 is 0 Å². The number of ether oxygens (including phenoxy) is 1. The minimum atomic E-state index is 0.0279. The summed E-state index contributed by atoms with van der Waals surface area (Å²) in [5, 5.41) is 0. The molecule has 0 bridgehead atoms. The summed E-state index contributed by atoms with van der Waals surface area (Å²) in [7, 11) is 0. The number of hydrogen-bond donors (Lipinski definition) is 0. The highest BCUT2D eigenvalue weighted by Crippen LogP contribution is 2.67. The van der Waals surface area contributed by atoms with Crippen molar-refractivity contribution >= 4 is 5.97 Å². The van der Waals surface area contributed by atoms with Crippen LogP contribution in [0.5, 0.6) is 0 Å². The van der Waals surface area contributed by atoms with E-state index in [9.17, 15) is 4.79 Å². The van der Waals surface area contributed by atoms with Crippen LogP contribution in [-0.2, 0) is 9.53 Å². The molecule has 0 heterocycles. The summed E-state index contributed by atoms with van der Waals surface area (Å²) in [4.78, 5) is 12.8. The van der Waals surface area contributed by atoms with Gasteiger partial charge in [-0.2, -0.15) is 0 Å². The Bertz CT molecular complexity index is 1020. The lowest BCUT2D eigenvalue weighted by atomic mass is 9.47. The molecule has 0 aromatic rings. The zero-order valence-electron chi connectivity index (χ0n) is 31.5. The van der Waals surface area contributed by atoms with Crippen molar-refractivity contribution in [1.29, 1.82) is 0 Å². The van der Waals surface area contributed by atoms with Crippen molar-refractivity contribution in [2.75, 3.05) is 0 Å². The van der Waals surface area contributed by atoms with E-state index in [0.717, 1.165) is 80.0 Å². The Labute approximate surface area is 286 Å². The number of rotatable bonds is 18. The Balaban J connectivity index is 1.21. The van der Waals surface area contributed by atoms with E-state index in [0.29, 0.717) is 17.3 Å². The zero-order valence-corrected chi connectivity index (χ0v) is 31.5. The standard InChI is InChI=1S/C44H74O2/c1-8-10-11-12-13-14-15-16-17-18-19-20-21-42(45)46-37-28-30-43(6)36(32-37)24-25-38-40-27-26-39(44(40,7)31-29-41(38)43)34(5)22-23-35(9-2)33(3)4/h13-14,16-17,24,33-35,37-41H,8-12,15,18-23,25-32H2,1-7H3/b14-13-,17-16-. The Morgan fingerprint density at radius 2 is 1.63 bits per heavy atom. The van der Waals surface area contributed by atoms with Crippen LogP contribution in [-0.4, -0.2) is 12.1 Å². The van der Waals surface area contributed by atoms with Crippen LogP contribution >= 0.6 is 0 Å². The molecule has 0 amide bonds. The molecule has 4 aliphatic carbocycles. The van der Waals surface area contributed by atoms with Crippen LogP contribution in [0.15, 0.2) is 36.0 Å². The summed E-state index contributed by atoms with van der Waals surface area (Å²) in [6, 6.07) is 0. The van der Waals surface area contributed by atoms with Gasteiger partial charge >= 0.3 is 5.97 Å². The molecule has 2 heteroatoms. The summed E-state index contributed by atoms with van der Waals surface area (Å²) >= 11 is 0. The van der Waals surface area contributed by atoms with Gasteiger partial charge in [-0.3, -0.25) is 4.79 Å². The fourth-order valence-electron chi connectivity index (χ4n) is 11.2. The van der Waals surface area contributed by atoms with Gasteiger partial charge in [-0.25, -0.2) is 0 Å². The van der Waals surface area contributed by atoms with Crippen molar-refractivity contribution < 1.29 is 9.53 Å². The van der Waals surface area contributed by atoms with Crippen molar-refractivity contribution in [2.45, 2.75) is 183 Å². The third kappa shape index (κ3) is 9.22. The van der Waals surface area contributed by atoms with Crippen LogP contribution in [0, 0.1) is 52.3 Å². The summed E-state index contributed by atoms with van der Waals surface area (Å²) < 4.78 is 6.10. The SMILES string of the molecule is CCCCC/C=C\C/C=C\CCCCC(=O)OC1CCC2(C)C(=CCC3C2CCC2(C)C(C(C)CCC(CC)C(C)C)CCC32)C1. The van der Waals surface area contributed by atoms with Crippen molar-refractivity contribution in [2.24, 2.45) is 52.3 Å². The lowest BCUT2D eigenvalue weighted by molar-refractivity contribution is -0.151. The molecule has 262 valence electrons. The second-order valence-electron chi connectivity index (χ2n) is 17.2. The maximum Gasteiger partial charge on any atom is 0.306 e. The molecule has 0 N–H and O–H groups in total. The van der Waals surface area contributed by atoms with Gasteiger partial charge in [0, 0.05) is 12.8 Å². The number of unbranched alkanes of at least 4 members (excludes halogenated alkanes) is 5. The maximum absolute atomic E-state index is 12.8. The van der Waals surface area contributed by atoms with Gasteiger partial charge in [-0.05, 0) is 142 Å². The molecule has 0 radical (unpaired) electrons. The lowest BCUT2D eigenvalue weighted by Gasteiger charge is -2.58. The Morgan fingerprint density at radius 3 is 2.33 bits per heavy atom. The molecular weight excluding hydrogens is 560 g/mol. The Morgan fingerprint density at radius 1 is 0.891 bits per heavy atom. The van der Waals surface area contributed by atoms with Gasteiger partial charge in [0.25, 0.3) is 0 Å².